The van der Waals surface area contributed by atoms with Gasteiger partial charge in [-0.25, -0.2) is 4.79 Å². The van der Waals surface area contributed by atoms with Gasteiger partial charge in [0, 0.05) is 31.4 Å². The van der Waals surface area contributed by atoms with Crippen molar-refractivity contribution >= 4 is 11.8 Å². The maximum absolute atomic E-state index is 12.3. The highest BCUT2D eigenvalue weighted by Crippen LogP contribution is 2.27. The number of nitrogens with zero attached hydrogens (tertiary/aromatic N) is 1. The van der Waals surface area contributed by atoms with Crippen molar-refractivity contribution < 1.29 is 14.3 Å². The quantitative estimate of drug-likeness (QED) is 0.792. The van der Waals surface area contributed by atoms with Crippen LogP contribution in [0.15, 0.2) is 24.3 Å². The predicted octanol–water partition coefficient (Wildman–Crippen LogP) is 4.42. The molecule has 1 amide bonds. The standard InChI is InChI=1S/C20H32N2O3/c1-6-22(19(23)25-20(3,4)5)14-15-9-8-10-16(11-15)21-17-12-18(13-17)24-7-2/h8-11,17-18,21H,6-7,12-14H2,1-5H3. The van der Waals surface area contributed by atoms with E-state index in [0.717, 1.165) is 30.7 Å². The minimum absolute atomic E-state index is 0.271. The number of ether oxygens (including phenoxy) is 2. The molecular formula is C20H32N2O3. The van der Waals surface area contributed by atoms with Crippen LogP contribution in [-0.4, -0.2) is 41.9 Å². The Bertz CT molecular complexity index is 562. The summed E-state index contributed by atoms with van der Waals surface area (Å²) < 4.78 is 11.1. The molecule has 0 radical (unpaired) electrons. The Morgan fingerprint density at radius 2 is 2.00 bits per heavy atom. The van der Waals surface area contributed by atoms with Crippen molar-refractivity contribution in [1.29, 1.82) is 0 Å². The SMILES string of the molecule is CCOC1CC(Nc2cccc(CN(CC)C(=O)OC(C)(C)C)c2)C1. The topological polar surface area (TPSA) is 50.8 Å². The molecule has 5 nitrogen and oxygen atoms in total. The Hall–Kier alpha value is -1.75. The number of nitrogens with one attached hydrogen (secondary N) is 1. The Morgan fingerprint density at radius 1 is 1.28 bits per heavy atom. The zero-order valence-electron chi connectivity index (χ0n) is 16.2. The molecule has 0 bridgehead atoms. The third-order valence-electron chi connectivity index (χ3n) is 4.20. The zero-order valence-corrected chi connectivity index (χ0v) is 16.2. The van der Waals surface area contributed by atoms with Gasteiger partial charge in [-0.05, 0) is 65.2 Å². The molecule has 5 heteroatoms. The number of amides is 1. The van der Waals surface area contributed by atoms with Gasteiger partial charge in [0.1, 0.15) is 5.60 Å². The molecule has 140 valence electrons. The second kappa shape index (κ2) is 8.56. The van der Waals surface area contributed by atoms with Gasteiger partial charge in [0.25, 0.3) is 0 Å². The van der Waals surface area contributed by atoms with Crippen molar-refractivity contribution in [3.8, 4) is 0 Å². The number of hydrogen-bond acceptors (Lipinski definition) is 4. The first-order valence-corrected chi connectivity index (χ1v) is 9.25. The molecule has 0 aliphatic heterocycles. The molecule has 0 atom stereocenters. The maximum Gasteiger partial charge on any atom is 0.410 e. The third kappa shape index (κ3) is 6.24. The van der Waals surface area contributed by atoms with E-state index in [1.54, 1.807) is 4.90 Å². The number of carbonyl (C=O) groups excluding carboxylic acids is 1. The van der Waals surface area contributed by atoms with Gasteiger partial charge in [-0.1, -0.05) is 12.1 Å². The normalized spacial score (nSPS) is 19.9. The Kier molecular flexibility index (Phi) is 6.71. The number of carbonyl (C=O) groups is 1. The predicted molar refractivity (Wildman–Crippen MR) is 101 cm³/mol. The van der Waals surface area contributed by atoms with Crippen LogP contribution in [0.3, 0.4) is 0 Å². The van der Waals surface area contributed by atoms with E-state index in [1.165, 1.54) is 0 Å². The Morgan fingerprint density at radius 3 is 2.60 bits per heavy atom. The van der Waals surface area contributed by atoms with Crippen LogP contribution >= 0.6 is 0 Å². The summed E-state index contributed by atoms with van der Waals surface area (Å²) in [5.74, 6) is 0. The average Bonchev–Trinajstić information content (AvgIpc) is 2.49. The molecule has 1 saturated carbocycles. The molecular weight excluding hydrogens is 316 g/mol. The van der Waals surface area contributed by atoms with Gasteiger partial charge >= 0.3 is 6.09 Å². The van der Waals surface area contributed by atoms with E-state index in [-0.39, 0.29) is 6.09 Å². The summed E-state index contributed by atoms with van der Waals surface area (Å²) in [6, 6.07) is 8.73. The van der Waals surface area contributed by atoms with Crippen LogP contribution in [0.5, 0.6) is 0 Å². The smallest absolute Gasteiger partial charge is 0.410 e. The summed E-state index contributed by atoms with van der Waals surface area (Å²) in [7, 11) is 0. The molecule has 1 aromatic carbocycles. The number of rotatable bonds is 7. The van der Waals surface area contributed by atoms with Crippen molar-refractivity contribution in [1.82, 2.24) is 4.90 Å². The molecule has 1 fully saturated rings. The summed E-state index contributed by atoms with van der Waals surface area (Å²) in [4.78, 5) is 14.0. The van der Waals surface area contributed by atoms with Crippen LogP contribution in [0.2, 0.25) is 0 Å². The van der Waals surface area contributed by atoms with Crippen LogP contribution in [0.4, 0.5) is 10.5 Å². The fourth-order valence-corrected chi connectivity index (χ4v) is 2.90. The van der Waals surface area contributed by atoms with Crippen LogP contribution in [0.1, 0.15) is 53.0 Å². The molecule has 0 spiro atoms. The number of hydrogen-bond donors (Lipinski definition) is 1. The molecule has 0 heterocycles. The van der Waals surface area contributed by atoms with Crippen LogP contribution in [0, 0.1) is 0 Å². The molecule has 0 unspecified atom stereocenters. The lowest BCUT2D eigenvalue weighted by molar-refractivity contribution is 0.00297. The summed E-state index contributed by atoms with van der Waals surface area (Å²) >= 11 is 0. The highest BCUT2D eigenvalue weighted by molar-refractivity contribution is 5.68. The van der Waals surface area contributed by atoms with Gasteiger partial charge < -0.3 is 19.7 Å². The fourth-order valence-electron chi connectivity index (χ4n) is 2.90. The second-order valence-electron chi connectivity index (χ2n) is 7.58. The van der Waals surface area contributed by atoms with Gasteiger partial charge in [-0.2, -0.15) is 0 Å². The maximum atomic E-state index is 12.3. The second-order valence-corrected chi connectivity index (χ2v) is 7.58. The number of anilines is 1. The molecule has 1 N–H and O–H groups in total. The van der Waals surface area contributed by atoms with E-state index in [9.17, 15) is 4.79 Å². The van der Waals surface area contributed by atoms with E-state index in [4.69, 9.17) is 9.47 Å². The van der Waals surface area contributed by atoms with E-state index in [2.05, 4.69) is 17.4 Å². The minimum atomic E-state index is -0.477. The highest BCUT2D eigenvalue weighted by Gasteiger charge is 2.29. The van der Waals surface area contributed by atoms with Gasteiger partial charge in [0.05, 0.1) is 6.10 Å². The summed E-state index contributed by atoms with van der Waals surface area (Å²) in [6.45, 7) is 11.6. The molecule has 0 aromatic heterocycles. The van der Waals surface area contributed by atoms with Crippen LogP contribution in [0.25, 0.3) is 0 Å². The average molecular weight is 348 g/mol. The first kappa shape index (κ1) is 19.6. The Balaban J connectivity index is 1.90. The van der Waals surface area contributed by atoms with Gasteiger partial charge in [0.15, 0.2) is 0 Å². The third-order valence-corrected chi connectivity index (χ3v) is 4.20. The lowest BCUT2D eigenvalue weighted by atomic mass is 9.89. The largest absolute Gasteiger partial charge is 0.444 e. The van der Waals surface area contributed by atoms with E-state index >= 15 is 0 Å². The molecule has 1 aliphatic carbocycles. The van der Waals surface area contributed by atoms with Crippen molar-refractivity contribution in [2.75, 3.05) is 18.5 Å². The summed E-state index contributed by atoms with van der Waals surface area (Å²) in [5, 5.41) is 3.55. The van der Waals surface area contributed by atoms with Gasteiger partial charge in [0.2, 0.25) is 0 Å². The van der Waals surface area contributed by atoms with Crippen LogP contribution in [-0.2, 0) is 16.0 Å². The van der Waals surface area contributed by atoms with Crippen molar-refractivity contribution in [2.24, 2.45) is 0 Å². The van der Waals surface area contributed by atoms with E-state index in [0.29, 0.717) is 25.2 Å². The summed E-state index contributed by atoms with van der Waals surface area (Å²) in [6.07, 6.45) is 2.23. The first-order chi connectivity index (χ1) is 11.8. The van der Waals surface area contributed by atoms with E-state index in [1.807, 2.05) is 46.8 Å². The van der Waals surface area contributed by atoms with Gasteiger partial charge in [-0.3, -0.25) is 0 Å². The zero-order chi connectivity index (χ0) is 18.4. The molecule has 1 aromatic rings. The monoisotopic (exact) mass is 348 g/mol. The first-order valence-electron chi connectivity index (χ1n) is 9.25. The molecule has 2 rings (SSSR count). The minimum Gasteiger partial charge on any atom is -0.444 e. The number of benzene rings is 1. The van der Waals surface area contributed by atoms with Crippen molar-refractivity contribution in [3.63, 3.8) is 0 Å². The fraction of sp³-hybridized carbons (Fsp3) is 0.650. The summed E-state index contributed by atoms with van der Waals surface area (Å²) in [5.41, 5.74) is 1.71. The van der Waals surface area contributed by atoms with Crippen LogP contribution < -0.4 is 5.32 Å². The molecule has 1 aliphatic rings. The van der Waals surface area contributed by atoms with E-state index < -0.39 is 5.60 Å². The lowest BCUT2D eigenvalue weighted by Crippen LogP contribution is -2.40. The molecule has 0 saturated heterocycles. The highest BCUT2D eigenvalue weighted by atomic mass is 16.6. The molecule has 25 heavy (non-hydrogen) atoms. The van der Waals surface area contributed by atoms with Crippen molar-refractivity contribution in [2.45, 2.75) is 71.8 Å². The van der Waals surface area contributed by atoms with Crippen molar-refractivity contribution in [3.05, 3.63) is 29.8 Å². The lowest BCUT2D eigenvalue weighted by Gasteiger charge is -2.36. The van der Waals surface area contributed by atoms with Gasteiger partial charge in [-0.15, -0.1) is 0 Å². The Labute approximate surface area is 151 Å².